The fourth-order valence-corrected chi connectivity index (χ4v) is 3.69. The number of alkyl halides is 3. The van der Waals surface area contributed by atoms with Gasteiger partial charge in [0, 0.05) is 12.1 Å². The van der Waals surface area contributed by atoms with E-state index in [0.29, 0.717) is 11.6 Å². The second kappa shape index (κ2) is 8.10. The van der Waals surface area contributed by atoms with E-state index in [1.807, 2.05) is 4.72 Å². The maximum absolute atomic E-state index is 13.1. The summed E-state index contributed by atoms with van der Waals surface area (Å²) in [5, 5.41) is 13.1. The number of amides is 1. The lowest BCUT2D eigenvalue weighted by Gasteiger charge is -2.15. The summed E-state index contributed by atoms with van der Waals surface area (Å²) in [4.78, 5) is 12.5. The minimum absolute atomic E-state index is 0.0522. The van der Waals surface area contributed by atoms with Crippen molar-refractivity contribution in [1.29, 1.82) is 0 Å². The molecule has 0 fully saturated rings. The molecule has 0 unspecified atom stereocenters. The zero-order valence-corrected chi connectivity index (χ0v) is 16.2. The smallest absolute Gasteiger partial charge is 0.348 e. The normalized spacial score (nSPS) is 11.9. The maximum atomic E-state index is 13.1. The van der Waals surface area contributed by atoms with Crippen LogP contribution in [-0.2, 0) is 29.8 Å². The van der Waals surface area contributed by atoms with Crippen molar-refractivity contribution >= 4 is 21.9 Å². The molecule has 9 nitrogen and oxygen atoms in total. The minimum atomic E-state index is -4.76. The van der Waals surface area contributed by atoms with Crippen molar-refractivity contribution in [2.75, 3.05) is 4.72 Å². The van der Waals surface area contributed by atoms with E-state index in [1.165, 1.54) is 7.05 Å². The van der Waals surface area contributed by atoms with E-state index in [0.717, 1.165) is 16.9 Å². The number of anilines is 1. The highest BCUT2D eigenvalue weighted by Crippen LogP contribution is 2.32. The molecule has 0 aliphatic rings. The first-order chi connectivity index (χ1) is 14.1. The van der Waals surface area contributed by atoms with Gasteiger partial charge in [0.15, 0.2) is 0 Å². The van der Waals surface area contributed by atoms with Crippen molar-refractivity contribution in [3.8, 4) is 0 Å². The number of halogens is 3. The van der Waals surface area contributed by atoms with Gasteiger partial charge in [0.25, 0.3) is 21.9 Å². The van der Waals surface area contributed by atoms with E-state index < -0.39 is 38.5 Å². The Balaban J connectivity index is 1.93. The molecule has 0 atom stereocenters. The van der Waals surface area contributed by atoms with E-state index in [9.17, 15) is 26.4 Å². The van der Waals surface area contributed by atoms with Crippen molar-refractivity contribution in [2.24, 2.45) is 7.05 Å². The van der Waals surface area contributed by atoms with E-state index in [1.54, 1.807) is 30.3 Å². The average Bonchev–Trinajstić information content (AvgIpc) is 3.09. The lowest BCUT2D eigenvalue weighted by Crippen LogP contribution is -2.25. The van der Waals surface area contributed by atoms with Gasteiger partial charge < -0.3 is 5.32 Å². The quantitative estimate of drug-likeness (QED) is 0.605. The number of carbonyl (C=O) groups excluding carboxylic acids is 1. The second-order valence-corrected chi connectivity index (χ2v) is 7.73. The summed E-state index contributed by atoms with van der Waals surface area (Å²) in [6.45, 7) is -0.323. The third-order valence-corrected chi connectivity index (χ3v) is 5.30. The highest BCUT2D eigenvalue weighted by Gasteiger charge is 2.33. The molecule has 0 saturated heterocycles. The molecular weight excluding hydrogens is 425 g/mol. The summed E-state index contributed by atoms with van der Waals surface area (Å²) in [5.74, 6) is -0.920. The van der Waals surface area contributed by atoms with Gasteiger partial charge in [-0.1, -0.05) is 29.4 Å². The highest BCUT2D eigenvalue weighted by molar-refractivity contribution is 7.92. The number of hydrogen-bond donors (Lipinski definition) is 2. The molecule has 0 saturated carbocycles. The molecule has 1 amide bonds. The van der Waals surface area contributed by atoms with Crippen LogP contribution in [0.15, 0.2) is 53.4 Å². The van der Waals surface area contributed by atoms with Crippen LogP contribution in [0.2, 0.25) is 0 Å². The van der Waals surface area contributed by atoms with Crippen LogP contribution in [0.1, 0.15) is 21.5 Å². The van der Waals surface area contributed by atoms with Crippen LogP contribution in [0.5, 0.6) is 0 Å². The summed E-state index contributed by atoms with van der Waals surface area (Å²) in [7, 11) is -3.12. The van der Waals surface area contributed by atoms with Gasteiger partial charge in [-0.3, -0.25) is 4.79 Å². The maximum Gasteiger partial charge on any atom is 0.416 e. The van der Waals surface area contributed by atoms with Crippen molar-refractivity contribution in [1.82, 2.24) is 25.5 Å². The Labute approximate surface area is 169 Å². The van der Waals surface area contributed by atoms with Gasteiger partial charge in [0.05, 0.1) is 17.5 Å². The van der Waals surface area contributed by atoms with Crippen molar-refractivity contribution in [3.63, 3.8) is 0 Å². The van der Waals surface area contributed by atoms with Gasteiger partial charge in [0.2, 0.25) is 0 Å². The molecule has 0 spiro atoms. The first-order valence-corrected chi connectivity index (χ1v) is 9.85. The Hall–Kier alpha value is -3.48. The van der Waals surface area contributed by atoms with E-state index in [4.69, 9.17) is 0 Å². The molecule has 1 heterocycles. The molecule has 0 bridgehead atoms. The van der Waals surface area contributed by atoms with Crippen molar-refractivity contribution in [3.05, 3.63) is 65.2 Å². The molecule has 2 N–H and O–H groups in total. The molecule has 0 aliphatic carbocycles. The van der Waals surface area contributed by atoms with E-state index in [2.05, 4.69) is 20.7 Å². The molecule has 0 aliphatic heterocycles. The Bertz CT molecular complexity index is 1160. The number of aryl methyl sites for hydroxylation is 1. The number of benzene rings is 2. The SMILES string of the molecule is Cn1nnc(NS(=O)(=O)c2cc(C(F)(F)F)ccc2CNC(=O)c2ccccc2)n1. The minimum Gasteiger partial charge on any atom is -0.348 e. The zero-order valence-electron chi connectivity index (χ0n) is 15.4. The van der Waals surface area contributed by atoms with Crippen molar-refractivity contribution < 1.29 is 26.4 Å². The van der Waals surface area contributed by atoms with Crippen LogP contribution < -0.4 is 10.0 Å². The second-order valence-electron chi connectivity index (χ2n) is 6.08. The lowest BCUT2D eigenvalue weighted by atomic mass is 10.1. The number of nitrogens with one attached hydrogen (secondary N) is 2. The zero-order chi connectivity index (χ0) is 21.9. The molecule has 158 valence electrons. The van der Waals surface area contributed by atoms with Crippen LogP contribution in [0.25, 0.3) is 0 Å². The summed E-state index contributed by atoms with van der Waals surface area (Å²) < 4.78 is 66.8. The van der Waals surface area contributed by atoms with Crippen LogP contribution >= 0.6 is 0 Å². The van der Waals surface area contributed by atoms with Gasteiger partial charge in [-0.2, -0.15) is 18.0 Å². The number of aromatic nitrogens is 4. The molecular formula is C17H15F3N6O3S. The van der Waals surface area contributed by atoms with Crippen LogP contribution in [0.3, 0.4) is 0 Å². The molecule has 0 radical (unpaired) electrons. The number of nitrogens with zero attached hydrogens (tertiary/aromatic N) is 4. The molecule has 13 heteroatoms. The average molecular weight is 440 g/mol. The predicted octanol–water partition coefficient (Wildman–Crippen LogP) is 1.96. The number of carbonyl (C=O) groups is 1. The highest BCUT2D eigenvalue weighted by atomic mass is 32.2. The summed E-state index contributed by atoms with van der Waals surface area (Å²) in [6.07, 6.45) is -4.76. The van der Waals surface area contributed by atoms with Gasteiger partial charge in [-0.05, 0) is 35.0 Å². The lowest BCUT2D eigenvalue weighted by molar-refractivity contribution is -0.137. The first-order valence-electron chi connectivity index (χ1n) is 8.36. The molecule has 3 aromatic rings. The number of hydrogen-bond acceptors (Lipinski definition) is 6. The van der Waals surface area contributed by atoms with Crippen molar-refractivity contribution in [2.45, 2.75) is 17.6 Å². The first kappa shape index (κ1) is 21.2. The molecule has 1 aromatic heterocycles. The van der Waals surface area contributed by atoms with Gasteiger partial charge in [0.1, 0.15) is 0 Å². The number of tetrazole rings is 1. The van der Waals surface area contributed by atoms with Gasteiger partial charge in [-0.15, -0.1) is 5.10 Å². The molecule has 3 rings (SSSR count). The Kier molecular flexibility index (Phi) is 5.73. The van der Waals surface area contributed by atoms with Gasteiger partial charge >= 0.3 is 6.18 Å². The predicted molar refractivity (Wildman–Crippen MR) is 98.7 cm³/mol. The van der Waals surface area contributed by atoms with Gasteiger partial charge in [-0.25, -0.2) is 13.1 Å². The van der Waals surface area contributed by atoms with Crippen LogP contribution in [0, 0.1) is 0 Å². The van der Waals surface area contributed by atoms with Crippen LogP contribution in [0.4, 0.5) is 19.1 Å². The molecule has 30 heavy (non-hydrogen) atoms. The van der Waals surface area contributed by atoms with E-state index in [-0.39, 0.29) is 12.1 Å². The topological polar surface area (TPSA) is 119 Å². The standard InChI is InChI=1S/C17H15F3N6O3S/c1-26-23-16(22-25-26)24-30(28,29)14-9-13(17(18,19)20)8-7-12(14)10-21-15(27)11-5-3-2-4-6-11/h2-9H,10H2,1H3,(H,21,27)(H,23,24). The molecule has 2 aromatic carbocycles. The Morgan fingerprint density at radius 2 is 1.83 bits per heavy atom. The van der Waals surface area contributed by atoms with E-state index >= 15 is 0 Å². The summed E-state index contributed by atoms with van der Waals surface area (Å²) >= 11 is 0. The van der Waals surface area contributed by atoms with Crippen LogP contribution in [-0.4, -0.2) is 34.5 Å². The Morgan fingerprint density at radius 3 is 2.43 bits per heavy atom. The number of rotatable bonds is 6. The fraction of sp³-hybridized carbons (Fsp3) is 0.176. The number of sulfonamides is 1. The summed E-state index contributed by atoms with van der Waals surface area (Å²) in [5.41, 5.74) is -0.896. The fourth-order valence-electron chi connectivity index (χ4n) is 2.49. The summed E-state index contributed by atoms with van der Waals surface area (Å²) in [6, 6.07) is 10.3. The third kappa shape index (κ3) is 4.92. The Morgan fingerprint density at radius 1 is 1.13 bits per heavy atom. The largest absolute Gasteiger partial charge is 0.416 e. The monoisotopic (exact) mass is 440 g/mol. The third-order valence-electron chi connectivity index (χ3n) is 3.89.